The van der Waals surface area contributed by atoms with Gasteiger partial charge in [0.25, 0.3) is 0 Å². The maximum atomic E-state index is 5.01. The van der Waals surface area contributed by atoms with Crippen LogP contribution in [0.3, 0.4) is 0 Å². The Labute approximate surface area is 98.0 Å². The number of ether oxygens (including phenoxy) is 1. The lowest BCUT2D eigenvalue weighted by atomic mass is 10.0. The highest BCUT2D eigenvalue weighted by Crippen LogP contribution is 2.12. The number of rotatable bonds is 7. The first-order valence-corrected chi connectivity index (χ1v) is 5.96. The molecular formula is C12H23N3O. The van der Waals surface area contributed by atoms with Gasteiger partial charge in [0, 0.05) is 25.4 Å². The van der Waals surface area contributed by atoms with Crippen LogP contribution in [-0.2, 0) is 11.3 Å². The van der Waals surface area contributed by atoms with Crippen molar-refractivity contribution in [2.24, 2.45) is 5.92 Å². The number of anilines is 1. The van der Waals surface area contributed by atoms with Crippen LogP contribution in [0, 0.1) is 5.92 Å². The number of methoxy groups -OCH3 is 1. The number of aromatic nitrogens is 2. The highest BCUT2D eigenvalue weighted by atomic mass is 16.5. The van der Waals surface area contributed by atoms with Gasteiger partial charge < -0.3 is 10.1 Å². The van der Waals surface area contributed by atoms with Gasteiger partial charge in [-0.2, -0.15) is 5.10 Å². The highest BCUT2D eigenvalue weighted by Gasteiger charge is 2.11. The Morgan fingerprint density at radius 3 is 2.81 bits per heavy atom. The largest absolute Gasteiger partial charge is 0.383 e. The SMILES string of the molecule is CCC(Nc1ccn(CCOC)n1)C(C)C. The molecule has 0 spiro atoms. The molecule has 4 nitrogen and oxygen atoms in total. The standard InChI is InChI=1S/C12H23N3O/c1-5-11(10(2)3)13-12-6-7-15(14-12)8-9-16-4/h6-7,10-11H,5,8-9H2,1-4H3,(H,13,14). The van der Waals surface area contributed by atoms with E-state index < -0.39 is 0 Å². The summed E-state index contributed by atoms with van der Waals surface area (Å²) in [5, 5.41) is 7.90. The van der Waals surface area contributed by atoms with E-state index in [9.17, 15) is 0 Å². The zero-order valence-electron chi connectivity index (χ0n) is 10.7. The number of nitrogens with zero attached hydrogens (tertiary/aromatic N) is 2. The third-order valence-corrected chi connectivity index (χ3v) is 2.74. The number of hydrogen-bond acceptors (Lipinski definition) is 3. The van der Waals surface area contributed by atoms with Crippen LogP contribution in [-0.4, -0.2) is 29.5 Å². The molecule has 4 heteroatoms. The van der Waals surface area contributed by atoms with E-state index in [0.717, 1.165) is 18.8 Å². The Bertz CT molecular complexity index is 296. The van der Waals surface area contributed by atoms with Crippen LogP contribution in [0.2, 0.25) is 0 Å². The van der Waals surface area contributed by atoms with Crippen molar-refractivity contribution < 1.29 is 4.74 Å². The predicted octanol–water partition coefficient (Wildman–Crippen LogP) is 2.38. The van der Waals surface area contributed by atoms with E-state index in [1.807, 2.05) is 16.9 Å². The summed E-state index contributed by atoms with van der Waals surface area (Å²) >= 11 is 0. The van der Waals surface area contributed by atoms with Gasteiger partial charge in [-0.25, -0.2) is 0 Å². The molecule has 0 saturated heterocycles. The maximum Gasteiger partial charge on any atom is 0.148 e. The molecule has 1 aromatic rings. The molecule has 0 aliphatic carbocycles. The van der Waals surface area contributed by atoms with Gasteiger partial charge in [0.1, 0.15) is 5.82 Å². The minimum absolute atomic E-state index is 0.491. The molecule has 1 aromatic heterocycles. The van der Waals surface area contributed by atoms with Crippen molar-refractivity contribution in [3.8, 4) is 0 Å². The van der Waals surface area contributed by atoms with Crippen molar-refractivity contribution in [1.82, 2.24) is 9.78 Å². The third-order valence-electron chi connectivity index (χ3n) is 2.74. The van der Waals surface area contributed by atoms with E-state index in [1.165, 1.54) is 0 Å². The fourth-order valence-electron chi connectivity index (χ4n) is 1.68. The third kappa shape index (κ3) is 3.85. The summed E-state index contributed by atoms with van der Waals surface area (Å²) in [7, 11) is 1.70. The number of hydrogen-bond donors (Lipinski definition) is 1. The molecule has 0 amide bonds. The van der Waals surface area contributed by atoms with Crippen LogP contribution in [0.1, 0.15) is 27.2 Å². The average molecular weight is 225 g/mol. The minimum Gasteiger partial charge on any atom is -0.383 e. The maximum absolute atomic E-state index is 5.01. The van der Waals surface area contributed by atoms with Crippen LogP contribution >= 0.6 is 0 Å². The van der Waals surface area contributed by atoms with E-state index in [2.05, 4.69) is 31.2 Å². The first-order valence-electron chi connectivity index (χ1n) is 5.96. The molecule has 0 bridgehead atoms. The van der Waals surface area contributed by atoms with Crippen LogP contribution in [0.15, 0.2) is 12.3 Å². The van der Waals surface area contributed by atoms with Crippen LogP contribution in [0.25, 0.3) is 0 Å². The van der Waals surface area contributed by atoms with Crippen molar-refractivity contribution in [2.75, 3.05) is 19.0 Å². The van der Waals surface area contributed by atoms with E-state index >= 15 is 0 Å². The second-order valence-corrected chi connectivity index (χ2v) is 4.36. The summed E-state index contributed by atoms with van der Waals surface area (Å²) in [6, 6.07) is 2.51. The van der Waals surface area contributed by atoms with Gasteiger partial charge in [-0.15, -0.1) is 0 Å². The van der Waals surface area contributed by atoms with Gasteiger partial charge in [-0.1, -0.05) is 20.8 Å². The van der Waals surface area contributed by atoms with Crippen LogP contribution in [0.4, 0.5) is 5.82 Å². The minimum atomic E-state index is 0.491. The normalized spacial score (nSPS) is 13.1. The Morgan fingerprint density at radius 2 is 2.25 bits per heavy atom. The predicted molar refractivity (Wildman–Crippen MR) is 66.6 cm³/mol. The number of nitrogens with one attached hydrogen (secondary N) is 1. The van der Waals surface area contributed by atoms with Gasteiger partial charge in [0.05, 0.1) is 13.2 Å². The van der Waals surface area contributed by atoms with E-state index in [4.69, 9.17) is 4.74 Å². The monoisotopic (exact) mass is 225 g/mol. The second kappa shape index (κ2) is 6.53. The zero-order valence-corrected chi connectivity index (χ0v) is 10.7. The van der Waals surface area contributed by atoms with Gasteiger partial charge in [0.2, 0.25) is 0 Å². The molecule has 0 fully saturated rings. The molecule has 1 atom stereocenters. The molecule has 0 radical (unpaired) electrons. The molecular weight excluding hydrogens is 202 g/mol. The first-order chi connectivity index (χ1) is 7.67. The molecule has 1 heterocycles. The fraction of sp³-hybridized carbons (Fsp3) is 0.750. The van der Waals surface area contributed by atoms with Crippen molar-refractivity contribution in [1.29, 1.82) is 0 Å². The van der Waals surface area contributed by atoms with Crippen molar-refractivity contribution in [2.45, 2.75) is 39.8 Å². The van der Waals surface area contributed by atoms with E-state index in [-0.39, 0.29) is 0 Å². The van der Waals surface area contributed by atoms with E-state index in [1.54, 1.807) is 7.11 Å². The molecule has 16 heavy (non-hydrogen) atoms. The lowest BCUT2D eigenvalue weighted by Gasteiger charge is -2.20. The van der Waals surface area contributed by atoms with E-state index in [0.29, 0.717) is 18.6 Å². The smallest absolute Gasteiger partial charge is 0.148 e. The average Bonchev–Trinajstić information content (AvgIpc) is 2.70. The van der Waals surface area contributed by atoms with Crippen LogP contribution < -0.4 is 5.32 Å². The molecule has 0 aliphatic heterocycles. The second-order valence-electron chi connectivity index (χ2n) is 4.36. The molecule has 1 unspecified atom stereocenters. The highest BCUT2D eigenvalue weighted by molar-refractivity contribution is 5.33. The summed E-state index contributed by atoms with van der Waals surface area (Å²) in [4.78, 5) is 0. The van der Waals surface area contributed by atoms with Crippen LogP contribution in [0.5, 0.6) is 0 Å². The Morgan fingerprint density at radius 1 is 1.50 bits per heavy atom. The van der Waals surface area contributed by atoms with Crippen molar-refractivity contribution in [3.63, 3.8) is 0 Å². The summed E-state index contributed by atoms with van der Waals surface area (Å²) in [5.74, 6) is 1.57. The fourth-order valence-corrected chi connectivity index (χ4v) is 1.68. The van der Waals surface area contributed by atoms with Crippen molar-refractivity contribution >= 4 is 5.82 Å². The molecule has 0 aromatic carbocycles. The van der Waals surface area contributed by atoms with Gasteiger partial charge in [-0.05, 0) is 12.3 Å². The Hall–Kier alpha value is -1.03. The van der Waals surface area contributed by atoms with Gasteiger partial charge in [0.15, 0.2) is 0 Å². The quantitative estimate of drug-likeness (QED) is 0.774. The molecule has 0 saturated carbocycles. The zero-order chi connectivity index (χ0) is 12.0. The van der Waals surface area contributed by atoms with Crippen molar-refractivity contribution in [3.05, 3.63) is 12.3 Å². The topological polar surface area (TPSA) is 39.1 Å². The summed E-state index contributed by atoms with van der Waals surface area (Å²) in [5.41, 5.74) is 0. The Balaban J connectivity index is 2.50. The lowest BCUT2D eigenvalue weighted by Crippen LogP contribution is -2.24. The summed E-state index contributed by atoms with van der Waals surface area (Å²) in [6.07, 6.45) is 3.09. The molecule has 0 aliphatic rings. The Kier molecular flexibility index (Phi) is 5.32. The molecule has 1 N–H and O–H groups in total. The lowest BCUT2D eigenvalue weighted by molar-refractivity contribution is 0.183. The van der Waals surface area contributed by atoms with Gasteiger partial charge >= 0.3 is 0 Å². The first kappa shape index (κ1) is 13.0. The molecule has 92 valence electrons. The summed E-state index contributed by atoms with van der Waals surface area (Å²) < 4.78 is 6.92. The van der Waals surface area contributed by atoms with Gasteiger partial charge in [-0.3, -0.25) is 4.68 Å². The molecule has 1 rings (SSSR count). The summed E-state index contributed by atoms with van der Waals surface area (Å²) in [6.45, 7) is 8.14.